The molecule has 6 nitrogen and oxygen atoms in total. The van der Waals surface area contributed by atoms with Crippen LogP contribution in [-0.2, 0) is 15.7 Å². The molecule has 1 aromatic heterocycles. The Morgan fingerprint density at radius 2 is 2.28 bits per heavy atom. The molecular weight excluding hydrogens is 337 g/mol. The number of rotatable bonds is 5. The van der Waals surface area contributed by atoms with Gasteiger partial charge in [-0.2, -0.15) is 13.2 Å². The molecule has 1 aromatic carbocycles. The summed E-state index contributed by atoms with van der Waals surface area (Å²) in [6.07, 6.45) is -2.35. The van der Waals surface area contributed by atoms with Gasteiger partial charge in [0.25, 0.3) is 0 Å². The van der Waals surface area contributed by atoms with Gasteiger partial charge in [0, 0.05) is 18.8 Å². The highest BCUT2D eigenvalue weighted by Gasteiger charge is 2.34. The third-order valence-corrected chi connectivity index (χ3v) is 3.99. The molecule has 1 unspecified atom stereocenters. The molecule has 2 heterocycles. The van der Waals surface area contributed by atoms with Crippen LogP contribution in [0, 0.1) is 0 Å². The maximum atomic E-state index is 12.7. The van der Waals surface area contributed by atoms with Crippen molar-refractivity contribution in [1.29, 1.82) is 0 Å². The summed E-state index contributed by atoms with van der Waals surface area (Å²) in [6.45, 7) is 1.60. The number of anilines is 1. The second kappa shape index (κ2) is 7.01. The summed E-state index contributed by atoms with van der Waals surface area (Å²) < 4.78 is 43.5. The molecule has 0 saturated carbocycles. The van der Waals surface area contributed by atoms with Crippen molar-refractivity contribution in [3.8, 4) is 0 Å². The van der Waals surface area contributed by atoms with Gasteiger partial charge in [-0.3, -0.25) is 9.69 Å². The van der Waals surface area contributed by atoms with Crippen molar-refractivity contribution < 1.29 is 22.7 Å². The largest absolute Gasteiger partial charge is 0.449 e. The second-order valence-electron chi connectivity index (χ2n) is 6.20. The molecule has 0 spiro atoms. The molecular formula is C16H19F3N4O2. The van der Waals surface area contributed by atoms with Gasteiger partial charge < -0.3 is 15.0 Å². The van der Waals surface area contributed by atoms with Crippen molar-refractivity contribution in [1.82, 2.24) is 14.9 Å². The smallest absolute Gasteiger partial charge is 0.377 e. The van der Waals surface area contributed by atoms with E-state index in [1.54, 1.807) is 0 Å². The number of hydrogen-bond acceptors (Lipinski definition) is 4. The third kappa shape index (κ3) is 4.49. The van der Waals surface area contributed by atoms with Crippen molar-refractivity contribution >= 4 is 22.6 Å². The minimum absolute atomic E-state index is 0.153. The molecule has 2 N–H and O–H groups in total. The molecule has 1 aliphatic heterocycles. The highest BCUT2D eigenvalue weighted by atomic mass is 19.4. The first kappa shape index (κ1) is 17.7. The maximum Gasteiger partial charge on any atom is 0.449 e. The molecule has 1 aliphatic rings. The second-order valence-corrected chi connectivity index (χ2v) is 6.20. The monoisotopic (exact) mass is 356 g/mol. The van der Waals surface area contributed by atoms with Gasteiger partial charge in [0.05, 0.1) is 23.7 Å². The zero-order valence-electron chi connectivity index (χ0n) is 13.7. The number of alkyl halides is 3. The van der Waals surface area contributed by atoms with E-state index in [-0.39, 0.29) is 29.6 Å². The predicted octanol–water partition coefficient (Wildman–Crippen LogP) is 2.63. The highest BCUT2D eigenvalue weighted by Crippen LogP contribution is 2.29. The van der Waals surface area contributed by atoms with Gasteiger partial charge in [-0.15, -0.1) is 0 Å². The number of amides is 1. The van der Waals surface area contributed by atoms with E-state index >= 15 is 0 Å². The third-order valence-electron chi connectivity index (χ3n) is 3.99. The number of aromatic nitrogens is 2. The zero-order chi connectivity index (χ0) is 18.0. The maximum absolute atomic E-state index is 12.7. The summed E-state index contributed by atoms with van der Waals surface area (Å²) in [5, 5.41) is 2.69. The number of hydrogen-bond donors (Lipinski definition) is 2. The van der Waals surface area contributed by atoms with Crippen LogP contribution < -0.4 is 5.32 Å². The van der Waals surface area contributed by atoms with Gasteiger partial charge in [-0.05, 0) is 38.1 Å². The van der Waals surface area contributed by atoms with Crippen molar-refractivity contribution in [2.24, 2.45) is 0 Å². The lowest BCUT2D eigenvalue weighted by atomic mass is 10.2. The van der Waals surface area contributed by atoms with E-state index in [0.717, 1.165) is 19.4 Å². The topological polar surface area (TPSA) is 70.2 Å². The Hall–Kier alpha value is -2.13. The number of aromatic amines is 1. The Morgan fingerprint density at radius 3 is 2.96 bits per heavy atom. The number of nitrogens with one attached hydrogen (secondary N) is 2. The highest BCUT2D eigenvalue weighted by molar-refractivity contribution is 5.94. The van der Waals surface area contributed by atoms with Gasteiger partial charge >= 0.3 is 6.18 Å². The molecule has 1 saturated heterocycles. The number of fused-ring (bicyclic) bond motifs is 1. The van der Waals surface area contributed by atoms with Crippen LogP contribution in [-0.4, -0.2) is 53.6 Å². The van der Waals surface area contributed by atoms with E-state index < -0.39 is 12.0 Å². The number of benzene rings is 1. The summed E-state index contributed by atoms with van der Waals surface area (Å²) in [6, 6.07) is 4.41. The first-order chi connectivity index (χ1) is 11.8. The normalized spacial score (nSPS) is 18.2. The number of imidazole rings is 1. The number of carbonyl (C=O) groups is 1. The molecule has 1 amide bonds. The van der Waals surface area contributed by atoms with Crippen LogP contribution in [0.2, 0.25) is 0 Å². The average molecular weight is 356 g/mol. The fourth-order valence-electron chi connectivity index (χ4n) is 2.87. The Bertz CT molecular complexity index is 753. The predicted molar refractivity (Wildman–Crippen MR) is 86.2 cm³/mol. The summed E-state index contributed by atoms with van der Waals surface area (Å²) in [5.74, 6) is -1.29. The Labute approximate surface area is 142 Å². The summed E-state index contributed by atoms with van der Waals surface area (Å²) in [4.78, 5) is 19.7. The van der Waals surface area contributed by atoms with Crippen LogP contribution >= 0.6 is 0 Å². The van der Waals surface area contributed by atoms with E-state index in [9.17, 15) is 18.0 Å². The lowest BCUT2D eigenvalue weighted by molar-refractivity contribution is -0.144. The van der Waals surface area contributed by atoms with Crippen molar-refractivity contribution in [2.75, 3.05) is 32.1 Å². The van der Waals surface area contributed by atoms with Crippen LogP contribution in [0.15, 0.2) is 18.2 Å². The zero-order valence-corrected chi connectivity index (χ0v) is 13.7. The van der Waals surface area contributed by atoms with Gasteiger partial charge in [-0.1, -0.05) is 0 Å². The molecule has 0 bridgehead atoms. The minimum atomic E-state index is -4.53. The molecule has 0 radical (unpaired) electrons. The fraction of sp³-hybridized carbons (Fsp3) is 0.500. The number of halogens is 3. The number of H-pyrrole nitrogens is 1. The first-order valence-electron chi connectivity index (χ1n) is 7.98. The summed E-state index contributed by atoms with van der Waals surface area (Å²) in [7, 11) is 1.83. The number of likely N-dealkylation sites (N-methyl/N-ethyl adjacent to an activating group) is 1. The lowest BCUT2D eigenvalue weighted by Crippen LogP contribution is -2.35. The van der Waals surface area contributed by atoms with Crippen LogP contribution in [0.1, 0.15) is 18.7 Å². The number of carbonyl (C=O) groups excluding carboxylic acids is 1. The van der Waals surface area contributed by atoms with Crippen LogP contribution in [0.4, 0.5) is 18.9 Å². The van der Waals surface area contributed by atoms with Crippen LogP contribution in [0.5, 0.6) is 0 Å². The number of nitrogens with zero attached hydrogens (tertiary/aromatic N) is 2. The molecule has 25 heavy (non-hydrogen) atoms. The van der Waals surface area contributed by atoms with E-state index in [0.29, 0.717) is 12.2 Å². The summed E-state index contributed by atoms with van der Waals surface area (Å²) >= 11 is 0. The molecule has 2 aromatic rings. The Kier molecular flexibility index (Phi) is 4.96. The van der Waals surface area contributed by atoms with Gasteiger partial charge in [0.2, 0.25) is 11.7 Å². The van der Waals surface area contributed by atoms with Crippen molar-refractivity contribution in [2.45, 2.75) is 25.1 Å². The molecule has 136 valence electrons. The van der Waals surface area contributed by atoms with E-state index in [1.807, 2.05) is 11.9 Å². The average Bonchev–Trinajstić information content (AvgIpc) is 3.14. The molecule has 3 rings (SSSR count). The van der Waals surface area contributed by atoms with E-state index in [4.69, 9.17) is 4.74 Å². The van der Waals surface area contributed by atoms with Gasteiger partial charge in [-0.25, -0.2) is 4.98 Å². The molecule has 0 aliphatic carbocycles. The standard InChI is InChI=1S/C16H19F3N4O2/c1-23(8-11-3-2-6-25-11)9-14(24)20-10-4-5-12-13(7-10)22-15(21-12)16(17,18)19/h4-5,7,11H,2-3,6,8-9H2,1H3,(H,20,24)(H,21,22). The Balaban J connectivity index is 1.60. The molecule has 1 fully saturated rings. The lowest BCUT2D eigenvalue weighted by Gasteiger charge is -2.19. The van der Waals surface area contributed by atoms with Crippen LogP contribution in [0.25, 0.3) is 11.0 Å². The van der Waals surface area contributed by atoms with E-state index in [1.165, 1.54) is 18.2 Å². The fourth-order valence-corrected chi connectivity index (χ4v) is 2.87. The van der Waals surface area contributed by atoms with Crippen molar-refractivity contribution in [3.05, 3.63) is 24.0 Å². The molecule has 9 heteroatoms. The number of ether oxygens (including phenoxy) is 1. The Morgan fingerprint density at radius 1 is 1.48 bits per heavy atom. The summed E-state index contributed by atoms with van der Waals surface area (Å²) in [5.41, 5.74) is 0.832. The quantitative estimate of drug-likeness (QED) is 0.864. The van der Waals surface area contributed by atoms with Gasteiger partial charge in [0.1, 0.15) is 0 Å². The first-order valence-corrected chi connectivity index (χ1v) is 7.98. The van der Waals surface area contributed by atoms with Crippen LogP contribution in [0.3, 0.4) is 0 Å². The van der Waals surface area contributed by atoms with Gasteiger partial charge in [0.15, 0.2) is 0 Å². The molecule has 1 atom stereocenters. The van der Waals surface area contributed by atoms with E-state index in [2.05, 4.69) is 15.3 Å². The SMILES string of the molecule is CN(CC(=O)Nc1ccc2nc(C(F)(F)F)[nH]c2c1)CC1CCCO1. The van der Waals surface area contributed by atoms with Crippen molar-refractivity contribution in [3.63, 3.8) is 0 Å². The minimum Gasteiger partial charge on any atom is -0.377 e.